The summed E-state index contributed by atoms with van der Waals surface area (Å²) < 4.78 is 0. The van der Waals surface area contributed by atoms with Crippen LogP contribution in [-0.4, -0.2) is 35.8 Å². The zero-order chi connectivity index (χ0) is 7.40. The number of hydrogen-bond donors (Lipinski definition) is 2. The van der Waals surface area contributed by atoms with Gasteiger partial charge in [-0.05, 0) is 11.5 Å². The van der Waals surface area contributed by atoms with Crippen molar-refractivity contribution >= 4 is 24.2 Å². The molecule has 0 aromatic rings. The quantitative estimate of drug-likeness (QED) is 0.700. The van der Waals surface area contributed by atoms with Gasteiger partial charge in [-0.1, -0.05) is 6.92 Å². The molecule has 0 unspecified atom stereocenters. The molecule has 1 aliphatic rings. The summed E-state index contributed by atoms with van der Waals surface area (Å²) >= 11 is 1.91. The van der Waals surface area contributed by atoms with Gasteiger partial charge in [-0.15, -0.1) is 12.4 Å². The van der Waals surface area contributed by atoms with Crippen LogP contribution in [0.1, 0.15) is 6.92 Å². The summed E-state index contributed by atoms with van der Waals surface area (Å²) in [6.07, 6.45) is -0.0981. The van der Waals surface area contributed by atoms with E-state index in [2.05, 4.69) is 12.2 Å². The molecule has 1 rings (SSSR count). The summed E-state index contributed by atoms with van der Waals surface area (Å²) in [6, 6.07) is 0. The lowest BCUT2D eigenvalue weighted by Gasteiger charge is -2.10. The summed E-state index contributed by atoms with van der Waals surface area (Å²) in [5, 5.41) is 12.5. The maximum absolute atomic E-state index is 9.34. The van der Waals surface area contributed by atoms with Crippen molar-refractivity contribution in [1.82, 2.24) is 5.32 Å². The Morgan fingerprint density at radius 3 is 2.73 bits per heavy atom. The third-order valence-corrected chi connectivity index (χ3v) is 2.91. The second-order valence-corrected chi connectivity index (χ2v) is 3.96. The van der Waals surface area contributed by atoms with E-state index in [9.17, 15) is 5.11 Å². The number of thioether (sulfide) groups is 1. The molecule has 0 aromatic heterocycles. The molecular weight excluding hydrogens is 182 g/mol. The van der Waals surface area contributed by atoms with Gasteiger partial charge >= 0.3 is 0 Å². The zero-order valence-electron chi connectivity index (χ0n) is 6.75. The molecule has 1 heterocycles. The highest BCUT2D eigenvalue weighted by molar-refractivity contribution is 7.99. The third kappa shape index (κ3) is 3.65. The number of nitrogens with one attached hydrogen (secondary N) is 1. The normalized spacial score (nSPS) is 30.0. The molecule has 1 saturated heterocycles. The molecule has 2 nitrogen and oxygen atoms in total. The molecular formula is C7H16ClNOS. The van der Waals surface area contributed by atoms with Crippen molar-refractivity contribution in [1.29, 1.82) is 0 Å². The lowest BCUT2D eigenvalue weighted by Crippen LogP contribution is -2.19. The van der Waals surface area contributed by atoms with Gasteiger partial charge in [-0.2, -0.15) is 11.8 Å². The van der Waals surface area contributed by atoms with Crippen molar-refractivity contribution in [3.8, 4) is 0 Å². The minimum Gasteiger partial charge on any atom is -0.391 e. The highest BCUT2D eigenvalue weighted by Gasteiger charge is 2.23. The molecule has 0 spiro atoms. The van der Waals surface area contributed by atoms with Crippen LogP contribution < -0.4 is 5.32 Å². The van der Waals surface area contributed by atoms with Crippen molar-refractivity contribution in [2.24, 2.45) is 5.92 Å². The molecule has 68 valence electrons. The molecule has 0 amide bonds. The van der Waals surface area contributed by atoms with Crippen LogP contribution in [0.25, 0.3) is 0 Å². The molecule has 0 bridgehead atoms. The van der Waals surface area contributed by atoms with E-state index in [0.717, 1.165) is 24.6 Å². The fourth-order valence-electron chi connectivity index (χ4n) is 1.16. The van der Waals surface area contributed by atoms with Gasteiger partial charge in [0.05, 0.1) is 6.10 Å². The summed E-state index contributed by atoms with van der Waals surface area (Å²) in [4.78, 5) is 0. The van der Waals surface area contributed by atoms with E-state index >= 15 is 0 Å². The van der Waals surface area contributed by atoms with Gasteiger partial charge in [-0.25, -0.2) is 0 Å². The van der Waals surface area contributed by atoms with Gasteiger partial charge in [-0.3, -0.25) is 0 Å². The van der Waals surface area contributed by atoms with Crippen LogP contribution in [0.3, 0.4) is 0 Å². The molecule has 2 N–H and O–H groups in total. The second-order valence-electron chi connectivity index (χ2n) is 2.65. The standard InChI is InChI=1S/C7H15NOS.ClH/c1-2-10-5-6-3-8-4-7(6)9;/h6-9H,2-5H2,1H3;1H/t6-,7+;/m1./s1. The Morgan fingerprint density at radius 1 is 1.55 bits per heavy atom. The monoisotopic (exact) mass is 197 g/mol. The Morgan fingerprint density at radius 2 is 2.27 bits per heavy atom. The van der Waals surface area contributed by atoms with Crippen LogP contribution >= 0.6 is 24.2 Å². The minimum absolute atomic E-state index is 0. The van der Waals surface area contributed by atoms with Crippen LogP contribution in [0.2, 0.25) is 0 Å². The van der Waals surface area contributed by atoms with Crippen molar-refractivity contribution in [3.05, 3.63) is 0 Å². The van der Waals surface area contributed by atoms with E-state index in [-0.39, 0.29) is 18.5 Å². The first-order chi connectivity index (χ1) is 4.84. The van der Waals surface area contributed by atoms with Gasteiger partial charge in [0.1, 0.15) is 0 Å². The highest BCUT2D eigenvalue weighted by atomic mass is 35.5. The maximum atomic E-state index is 9.34. The predicted octanol–water partition coefficient (Wildman–Crippen LogP) is 0.742. The van der Waals surface area contributed by atoms with Gasteiger partial charge < -0.3 is 10.4 Å². The fourth-order valence-corrected chi connectivity index (χ4v) is 2.04. The number of rotatable bonds is 3. The number of hydrogen-bond acceptors (Lipinski definition) is 3. The molecule has 1 fully saturated rings. The fraction of sp³-hybridized carbons (Fsp3) is 1.00. The summed E-state index contributed by atoms with van der Waals surface area (Å²) in [5.74, 6) is 2.75. The van der Waals surface area contributed by atoms with Crippen LogP contribution in [0.4, 0.5) is 0 Å². The molecule has 0 aliphatic carbocycles. The average Bonchev–Trinajstić information content (AvgIpc) is 2.31. The van der Waals surface area contributed by atoms with Crippen LogP contribution in [0.15, 0.2) is 0 Å². The summed E-state index contributed by atoms with van der Waals surface area (Å²) in [5.41, 5.74) is 0. The minimum atomic E-state index is -0.0981. The zero-order valence-corrected chi connectivity index (χ0v) is 8.38. The molecule has 0 radical (unpaired) electrons. The van der Waals surface area contributed by atoms with E-state index in [0.29, 0.717) is 5.92 Å². The summed E-state index contributed by atoms with van der Waals surface area (Å²) in [7, 11) is 0. The molecule has 0 saturated carbocycles. The molecule has 0 aromatic carbocycles. The second kappa shape index (κ2) is 6.12. The van der Waals surface area contributed by atoms with Crippen LogP contribution in [-0.2, 0) is 0 Å². The van der Waals surface area contributed by atoms with Crippen molar-refractivity contribution < 1.29 is 5.11 Å². The molecule has 1 aliphatic heterocycles. The van der Waals surface area contributed by atoms with Gasteiger partial charge in [0, 0.05) is 19.0 Å². The molecule has 11 heavy (non-hydrogen) atoms. The van der Waals surface area contributed by atoms with E-state index in [4.69, 9.17) is 0 Å². The van der Waals surface area contributed by atoms with Crippen molar-refractivity contribution in [2.45, 2.75) is 13.0 Å². The smallest absolute Gasteiger partial charge is 0.0712 e. The molecule has 2 atom stereocenters. The Bertz CT molecular complexity index is 104. The topological polar surface area (TPSA) is 32.3 Å². The van der Waals surface area contributed by atoms with E-state index < -0.39 is 0 Å². The first-order valence-electron chi connectivity index (χ1n) is 3.81. The van der Waals surface area contributed by atoms with Gasteiger partial charge in [0.25, 0.3) is 0 Å². The first kappa shape index (κ1) is 11.6. The highest BCUT2D eigenvalue weighted by Crippen LogP contribution is 2.14. The van der Waals surface area contributed by atoms with Gasteiger partial charge in [0.2, 0.25) is 0 Å². The number of aliphatic hydroxyl groups is 1. The first-order valence-corrected chi connectivity index (χ1v) is 4.96. The lowest BCUT2D eigenvalue weighted by atomic mass is 10.1. The van der Waals surface area contributed by atoms with E-state index in [1.807, 2.05) is 11.8 Å². The molecule has 4 heteroatoms. The van der Waals surface area contributed by atoms with Crippen molar-refractivity contribution in [2.75, 3.05) is 24.6 Å². The third-order valence-electron chi connectivity index (χ3n) is 1.84. The summed E-state index contributed by atoms with van der Waals surface area (Å²) in [6.45, 7) is 3.93. The largest absolute Gasteiger partial charge is 0.391 e. The Hall–Kier alpha value is 0.560. The predicted molar refractivity (Wildman–Crippen MR) is 52.6 cm³/mol. The number of aliphatic hydroxyl groups excluding tert-OH is 1. The van der Waals surface area contributed by atoms with Crippen molar-refractivity contribution in [3.63, 3.8) is 0 Å². The average molecular weight is 198 g/mol. The van der Waals surface area contributed by atoms with Gasteiger partial charge in [0.15, 0.2) is 0 Å². The lowest BCUT2D eigenvalue weighted by molar-refractivity contribution is 0.158. The van der Waals surface area contributed by atoms with E-state index in [1.54, 1.807) is 0 Å². The number of β-amino-alcohol motifs (C(OH)–C–C–N with tert-alkyl or cyclic N) is 1. The van der Waals surface area contributed by atoms with E-state index in [1.165, 1.54) is 0 Å². The van der Waals surface area contributed by atoms with Crippen LogP contribution in [0, 0.1) is 5.92 Å². The SMILES string of the molecule is CCSC[C@H]1CNC[C@@H]1O.Cl. The Labute approximate surface area is 78.5 Å². The Balaban J connectivity index is 0.000001000. The Kier molecular flexibility index (Phi) is 6.43. The maximum Gasteiger partial charge on any atom is 0.0712 e. The number of halogens is 1. The van der Waals surface area contributed by atoms with Crippen LogP contribution in [0.5, 0.6) is 0 Å².